The number of likely N-dealkylation sites (tertiary alicyclic amines) is 2. The van der Waals surface area contributed by atoms with Crippen molar-refractivity contribution in [2.75, 3.05) is 32.7 Å². The zero-order chi connectivity index (χ0) is 24.2. The average molecular weight is 493 g/mol. The summed E-state index contributed by atoms with van der Waals surface area (Å²) in [6, 6.07) is 19.6. The number of nitrogens with zero attached hydrogens (tertiary/aromatic N) is 3. The summed E-state index contributed by atoms with van der Waals surface area (Å²) in [6.45, 7) is 8.88. The molecule has 1 aromatic heterocycles. The molecule has 1 unspecified atom stereocenters. The van der Waals surface area contributed by atoms with Crippen LogP contribution in [0.15, 0.2) is 54.6 Å². The number of piperidine rings is 1. The van der Waals surface area contributed by atoms with E-state index in [1.807, 2.05) is 12.1 Å². The van der Waals surface area contributed by atoms with Gasteiger partial charge in [-0.1, -0.05) is 48.9 Å². The van der Waals surface area contributed by atoms with E-state index < -0.39 is 0 Å². The minimum Gasteiger partial charge on any atom is -0.354 e. The summed E-state index contributed by atoms with van der Waals surface area (Å²) in [5, 5.41) is 5.31. The Morgan fingerprint density at radius 3 is 2.63 bits per heavy atom. The first-order chi connectivity index (χ1) is 17.1. The second kappa shape index (κ2) is 11.2. The highest BCUT2D eigenvalue weighted by Crippen LogP contribution is 2.26. The van der Waals surface area contributed by atoms with Crippen LogP contribution in [0.4, 0.5) is 0 Å². The SMILES string of the molecule is CCN1CCCC1CNC(=O)C1CCN(Cc2cc3ccccc3n2Cc2cccc(Cl)c2)CC1. The number of carbonyl (C=O) groups excluding carboxylic acids is 1. The first kappa shape index (κ1) is 24.4. The molecule has 3 aromatic rings. The number of aromatic nitrogens is 1. The van der Waals surface area contributed by atoms with Crippen LogP contribution in [0.3, 0.4) is 0 Å². The van der Waals surface area contributed by atoms with Gasteiger partial charge in [0, 0.05) is 47.8 Å². The van der Waals surface area contributed by atoms with E-state index in [1.54, 1.807) is 0 Å². The molecular weight excluding hydrogens is 456 g/mol. The maximum absolute atomic E-state index is 12.9. The van der Waals surface area contributed by atoms with Crippen molar-refractivity contribution in [3.05, 3.63) is 70.9 Å². The van der Waals surface area contributed by atoms with Gasteiger partial charge in [0.15, 0.2) is 0 Å². The third-order valence-electron chi connectivity index (χ3n) is 7.89. The molecule has 2 aliphatic heterocycles. The number of fused-ring (bicyclic) bond motifs is 1. The van der Waals surface area contributed by atoms with Gasteiger partial charge >= 0.3 is 0 Å². The number of hydrogen-bond acceptors (Lipinski definition) is 3. The first-order valence-electron chi connectivity index (χ1n) is 13.2. The van der Waals surface area contributed by atoms with Crippen LogP contribution < -0.4 is 5.32 Å². The van der Waals surface area contributed by atoms with Gasteiger partial charge in [0.05, 0.1) is 0 Å². The van der Waals surface area contributed by atoms with Crippen LogP contribution in [0.2, 0.25) is 5.02 Å². The lowest BCUT2D eigenvalue weighted by Crippen LogP contribution is -2.44. The van der Waals surface area contributed by atoms with E-state index in [0.717, 1.165) is 57.1 Å². The largest absolute Gasteiger partial charge is 0.354 e. The Kier molecular flexibility index (Phi) is 7.76. The highest BCUT2D eigenvalue weighted by Gasteiger charge is 2.28. The molecule has 2 saturated heterocycles. The van der Waals surface area contributed by atoms with Crippen LogP contribution in [0, 0.1) is 5.92 Å². The van der Waals surface area contributed by atoms with Crippen LogP contribution >= 0.6 is 11.6 Å². The van der Waals surface area contributed by atoms with Crippen molar-refractivity contribution in [2.45, 2.75) is 51.7 Å². The molecule has 2 aromatic carbocycles. The van der Waals surface area contributed by atoms with E-state index >= 15 is 0 Å². The number of amides is 1. The van der Waals surface area contributed by atoms with Gasteiger partial charge in [0.25, 0.3) is 0 Å². The molecule has 1 amide bonds. The van der Waals surface area contributed by atoms with E-state index in [1.165, 1.54) is 41.5 Å². The van der Waals surface area contributed by atoms with E-state index in [0.29, 0.717) is 6.04 Å². The summed E-state index contributed by atoms with van der Waals surface area (Å²) in [7, 11) is 0. The van der Waals surface area contributed by atoms with Gasteiger partial charge in [0.1, 0.15) is 0 Å². The van der Waals surface area contributed by atoms with E-state index in [-0.39, 0.29) is 11.8 Å². The highest BCUT2D eigenvalue weighted by molar-refractivity contribution is 6.30. The van der Waals surface area contributed by atoms with Crippen molar-refractivity contribution in [2.24, 2.45) is 5.92 Å². The number of benzene rings is 2. The van der Waals surface area contributed by atoms with Crippen molar-refractivity contribution in [1.29, 1.82) is 0 Å². The van der Waals surface area contributed by atoms with Gasteiger partial charge < -0.3 is 9.88 Å². The van der Waals surface area contributed by atoms with Crippen LogP contribution in [-0.2, 0) is 17.9 Å². The van der Waals surface area contributed by atoms with Gasteiger partial charge in [0.2, 0.25) is 5.91 Å². The Balaban J connectivity index is 1.20. The van der Waals surface area contributed by atoms with Crippen LogP contribution in [0.25, 0.3) is 10.9 Å². The molecule has 1 N–H and O–H groups in total. The second-order valence-corrected chi connectivity index (χ2v) is 10.6. The normalized spacial score (nSPS) is 20.0. The fourth-order valence-corrected chi connectivity index (χ4v) is 6.10. The molecule has 3 heterocycles. The third-order valence-corrected chi connectivity index (χ3v) is 8.12. The Bertz CT molecular complexity index is 1150. The number of nitrogens with one attached hydrogen (secondary N) is 1. The Morgan fingerprint density at radius 2 is 1.83 bits per heavy atom. The van der Waals surface area contributed by atoms with E-state index in [4.69, 9.17) is 11.6 Å². The number of para-hydroxylation sites is 1. The molecule has 2 fully saturated rings. The summed E-state index contributed by atoms with van der Waals surface area (Å²) in [5.41, 5.74) is 3.78. The molecule has 35 heavy (non-hydrogen) atoms. The fraction of sp³-hybridized carbons (Fsp3) is 0.483. The molecule has 0 radical (unpaired) electrons. The molecule has 0 saturated carbocycles. The van der Waals surface area contributed by atoms with Crippen molar-refractivity contribution in [1.82, 2.24) is 19.7 Å². The monoisotopic (exact) mass is 492 g/mol. The van der Waals surface area contributed by atoms with E-state index in [9.17, 15) is 4.79 Å². The summed E-state index contributed by atoms with van der Waals surface area (Å²) in [5.74, 6) is 0.391. The molecule has 5 nitrogen and oxygen atoms in total. The summed E-state index contributed by atoms with van der Waals surface area (Å²) in [4.78, 5) is 17.8. The minimum absolute atomic E-state index is 0.139. The van der Waals surface area contributed by atoms with Gasteiger partial charge in [-0.25, -0.2) is 0 Å². The molecule has 5 rings (SSSR count). The third kappa shape index (κ3) is 5.74. The van der Waals surface area contributed by atoms with Crippen molar-refractivity contribution in [3.63, 3.8) is 0 Å². The van der Waals surface area contributed by atoms with Gasteiger partial charge in [-0.3, -0.25) is 14.6 Å². The number of likely N-dealkylation sites (N-methyl/N-ethyl adjacent to an activating group) is 1. The lowest BCUT2D eigenvalue weighted by Gasteiger charge is -2.32. The van der Waals surface area contributed by atoms with Crippen molar-refractivity contribution in [3.8, 4) is 0 Å². The smallest absolute Gasteiger partial charge is 0.223 e. The number of rotatable bonds is 8. The summed E-state index contributed by atoms with van der Waals surface area (Å²) >= 11 is 6.26. The molecule has 0 aliphatic carbocycles. The minimum atomic E-state index is 0.139. The quantitative estimate of drug-likeness (QED) is 0.472. The molecule has 0 spiro atoms. The molecule has 1 atom stereocenters. The molecule has 0 bridgehead atoms. The highest BCUT2D eigenvalue weighted by atomic mass is 35.5. The van der Waals surface area contributed by atoms with Crippen LogP contribution in [0.1, 0.15) is 43.9 Å². The molecular formula is C29H37ClN4O. The van der Waals surface area contributed by atoms with Gasteiger partial charge in [-0.05, 0) is 87.1 Å². The van der Waals surface area contributed by atoms with E-state index in [2.05, 4.69) is 69.1 Å². The lowest BCUT2D eigenvalue weighted by atomic mass is 9.95. The topological polar surface area (TPSA) is 40.5 Å². The van der Waals surface area contributed by atoms with Crippen LogP contribution in [0.5, 0.6) is 0 Å². The average Bonchev–Trinajstić information content (AvgIpc) is 3.47. The van der Waals surface area contributed by atoms with Gasteiger partial charge in [-0.15, -0.1) is 0 Å². The predicted octanol–water partition coefficient (Wildman–Crippen LogP) is 5.16. The summed E-state index contributed by atoms with van der Waals surface area (Å²) < 4.78 is 2.42. The Labute approximate surface area is 214 Å². The van der Waals surface area contributed by atoms with Crippen LogP contribution in [-0.4, -0.2) is 59.0 Å². The Hall–Kier alpha value is -2.34. The first-order valence-corrected chi connectivity index (χ1v) is 13.5. The second-order valence-electron chi connectivity index (χ2n) is 10.1. The number of halogens is 1. The fourth-order valence-electron chi connectivity index (χ4n) is 5.89. The lowest BCUT2D eigenvalue weighted by molar-refractivity contribution is -0.126. The molecule has 2 aliphatic rings. The number of carbonyl (C=O) groups is 1. The van der Waals surface area contributed by atoms with Gasteiger partial charge in [-0.2, -0.15) is 0 Å². The zero-order valence-corrected chi connectivity index (χ0v) is 21.5. The predicted molar refractivity (Wildman–Crippen MR) is 144 cm³/mol. The maximum Gasteiger partial charge on any atom is 0.223 e. The Morgan fingerprint density at radius 1 is 1.00 bits per heavy atom. The van der Waals surface area contributed by atoms with Crippen molar-refractivity contribution >= 4 is 28.4 Å². The standard InChI is InChI=1S/C29H37ClN4O/c1-2-33-14-6-10-26(33)19-31-29(35)23-12-15-32(16-13-23)21-27-18-24-8-3-4-11-28(24)34(27)20-22-7-5-9-25(30)17-22/h3-5,7-9,11,17-18,23,26H,2,6,10,12-16,19-21H2,1H3,(H,31,35). The number of hydrogen-bond donors (Lipinski definition) is 1. The maximum atomic E-state index is 12.9. The summed E-state index contributed by atoms with van der Waals surface area (Å²) in [6.07, 6.45) is 4.32. The molecule has 186 valence electrons. The zero-order valence-electron chi connectivity index (χ0n) is 20.8. The molecule has 6 heteroatoms. The van der Waals surface area contributed by atoms with Crippen molar-refractivity contribution < 1.29 is 4.79 Å².